The number of nitrogens with zero attached hydrogens (tertiary/aromatic N) is 1. The maximum atomic E-state index is 11.8. The Labute approximate surface area is 199 Å². The number of aliphatic hydroxyl groups is 1. The fourth-order valence-corrected chi connectivity index (χ4v) is 3.06. The van der Waals surface area contributed by atoms with Crippen LogP contribution in [0.1, 0.15) is 45.4 Å². The first-order chi connectivity index (χ1) is 15.6. The topological polar surface area (TPSA) is 102 Å². The van der Waals surface area contributed by atoms with E-state index in [9.17, 15) is 19.4 Å². The van der Waals surface area contributed by atoms with Gasteiger partial charge in [0.05, 0.1) is 27.7 Å². The molecule has 8 nitrogen and oxygen atoms in total. The lowest BCUT2D eigenvalue weighted by Gasteiger charge is -2.24. The van der Waals surface area contributed by atoms with Crippen LogP contribution in [-0.4, -0.2) is 74.1 Å². The minimum Gasteiger partial charge on any atom is -0.463 e. The molecular formula is C24H43NO7P+. The van der Waals surface area contributed by atoms with Crippen LogP contribution in [0.25, 0.3) is 0 Å². The van der Waals surface area contributed by atoms with Crippen molar-refractivity contribution in [1.29, 1.82) is 0 Å². The van der Waals surface area contributed by atoms with Crippen LogP contribution in [0.5, 0.6) is 0 Å². The second kappa shape index (κ2) is 18.8. The number of quaternary nitrogens is 1. The Bertz CT molecular complexity index is 681. The van der Waals surface area contributed by atoms with Crippen molar-refractivity contribution in [2.24, 2.45) is 0 Å². The number of likely N-dealkylation sites (N-methyl/N-ethyl adjacent to an activating group) is 1. The van der Waals surface area contributed by atoms with Crippen LogP contribution in [0.4, 0.5) is 0 Å². The summed E-state index contributed by atoms with van der Waals surface area (Å²) < 4.78 is 26.9. The van der Waals surface area contributed by atoms with E-state index >= 15 is 0 Å². The molecule has 0 aliphatic carbocycles. The molecular weight excluding hydrogens is 445 g/mol. The molecule has 2 unspecified atom stereocenters. The van der Waals surface area contributed by atoms with Crippen molar-refractivity contribution in [3.8, 4) is 0 Å². The van der Waals surface area contributed by atoms with Gasteiger partial charge >= 0.3 is 13.8 Å². The summed E-state index contributed by atoms with van der Waals surface area (Å²) in [5, 5.41) is 9.79. The lowest BCUT2D eigenvalue weighted by molar-refractivity contribution is -0.870. The number of carbonyl (C=O) groups is 1. The summed E-state index contributed by atoms with van der Waals surface area (Å²) in [6, 6.07) is 0. The fraction of sp³-hybridized carbons (Fsp3) is 0.625. The summed E-state index contributed by atoms with van der Waals surface area (Å²) in [6.07, 6.45) is 19.7. The van der Waals surface area contributed by atoms with Gasteiger partial charge in [-0.2, -0.15) is 0 Å². The lowest BCUT2D eigenvalue weighted by Crippen LogP contribution is -2.37. The molecule has 0 aliphatic rings. The van der Waals surface area contributed by atoms with E-state index in [0.717, 1.165) is 25.7 Å². The molecule has 0 aromatic carbocycles. The molecule has 0 radical (unpaired) electrons. The number of phosphoric acid groups is 1. The van der Waals surface area contributed by atoms with Crippen LogP contribution >= 0.6 is 7.82 Å². The molecule has 0 saturated carbocycles. The van der Waals surface area contributed by atoms with Gasteiger partial charge in [-0.25, -0.2) is 4.57 Å². The molecule has 0 aromatic heterocycles. The Hall–Kier alpha value is -1.54. The molecule has 0 heterocycles. The Morgan fingerprint density at radius 3 is 2.21 bits per heavy atom. The summed E-state index contributed by atoms with van der Waals surface area (Å²) in [4.78, 5) is 21.3. The summed E-state index contributed by atoms with van der Waals surface area (Å²) in [7, 11) is 1.52. The molecule has 9 heteroatoms. The molecule has 190 valence electrons. The summed E-state index contributed by atoms with van der Waals surface area (Å²) in [5.74, 6) is -0.414. The van der Waals surface area contributed by atoms with E-state index in [-0.39, 0.29) is 19.6 Å². The fourth-order valence-electron chi connectivity index (χ4n) is 2.31. The molecule has 2 atom stereocenters. The maximum absolute atomic E-state index is 11.8. The number of hydrogen-bond acceptors (Lipinski definition) is 6. The van der Waals surface area contributed by atoms with Crippen LogP contribution in [0.2, 0.25) is 0 Å². The molecule has 0 spiro atoms. The van der Waals surface area contributed by atoms with Gasteiger partial charge in [0.15, 0.2) is 0 Å². The van der Waals surface area contributed by atoms with Gasteiger partial charge in [-0.05, 0) is 25.7 Å². The average molecular weight is 489 g/mol. The van der Waals surface area contributed by atoms with E-state index in [4.69, 9.17) is 13.8 Å². The van der Waals surface area contributed by atoms with Gasteiger partial charge in [0, 0.05) is 6.42 Å². The predicted molar refractivity (Wildman–Crippen MR) is 132 cm³/mol. The third kappa shape index (κ3) is 23.4. The van der Waals surface area contributed by atoms with Crippen molar-refractivity contribution >= 4 is 13.8 Å². The Morgan fingerprint density at radius 2 is 1.58 bits per heavy atom. The number of aliphatic hydroxyl groups excluding tert-OH is 1. The quantitative estimate of drug-likeness (QED) is 0.0918. The van der Waals surface area contributed by atoms with Crippen molar-refractivity contribution < 1.29 is 37.6 Å². The van der Waals surface area contributed by atoms with Gasteiger partial charge in [-0.15, -0.1) is 0 Å². The number of ether oxygens (including phenoxy) is 1. The predicted octanol–water partition coefficient (Wildman–Crippen LogP) is 4.32. The van der Waals surface area contributed by atoms with Crippen molar-refractivity contribution in [3.63, 3.8) is 0 Å². The maximum Gasteiger partial charge on any atom is 0.472 e. The van der Waals surface area contributed by atoms with Gasteiger partial charge in [-0.3, -0.25) is 13.8 Å². The summed E-state index contributed by atoms with van der Waals surface area (Å²) >= 11 is 0. The number of phosphoric ester groups is 1. The smallest absolute Gasteiger partial charge is 0.463 e. The number of unbranched alkanes of at least 4 members (excludes halogenated alkanes) is 3. The molecule has 0 fully saturated rings. The second-order valence-electron chi connectivity index (χ2n) is 8.58. The monoisotopic (exact) mass is 488 g/mol. The highest BCUT2D eigenvalue weighted by atomic mass is 31.2. The van der Waals surface area contributed by atoms with Gasteiger partial charge in [-0.1, -0.05) is 62.0 Å². The highest BCUT2D eigenvalue weighted by Crippen LogP contribution is 2.43. The first-order valence-electron chi connectivity index (χ1n) is 11.5. The summed E-state index contributed by atoms with van der Waals surface area (Å²) in [5.41, 5.74) is 0. The highest BCUT2D eigenvalue weighted by molar-refractivity contribution is 7.47. The van der Waals surface area contributed by atoms with E-state index in [1.54, 1.807) is 0 Å². The Morgan fingerprint density at radius 1 is 0.939 bits per heavy atom. The first-order valence-corrected chi connectivity index (χ1v) is 13.0. The Kier molecular flexibility index (Phi) is 18.0. The van der Waals surface area contributed by atoms with Crippen LogP contribution in [-0.2, 0) is 23.1 Å². The zero-order valence-corrected chi connectivity index (χ0v) is 21.5. The average Bonchev–Trinajstić information content (AvgIpc) is 2.73. The molecule has 0 bridgehead atoms. The van der Waals surface area contributed by atoms with Gasteiger partial charge in [0.1, 0.15) is 25.9 Å². The molecule has 2 N–H and O–H groups in total. The molecule has 33 heavy (non-hydrogen) atoms. The number of allylic oxidation sites excluding steroid dienone is 8. The van der Waals surface area contributed by atoms with Gasteiger partial charge in [0.25, 0.3) is 0 Å². The van der Waals surface area contributed by atoms with Crippen LogP contribution in [0.15, 0.2) is 48.6 Å². The van der Waals surface area contributed by atoms with Gasteiger partial charge in [0.2, 0.25) is 0 Å². The second-order valence-corrected chi connectivity index (χ2v) is 10.0. The van der Waals surface area contributed by atoms with Crippen LogP contribution in [0, 0.1) is 0 Å². The first kappa shape index (κ1) is 31.5. The highest BCUT2D eigenvalue weighted by Gasteiger charge is 2.24. The number of hydrogen-bond donors (Lipinski definition) is 2. The van der Waals surface area contributed by atoms with E-state index < -0.39 is 26.5 Å². The minimum atomic E-state index is -4.25. The standard InChI is InChI=1S/C24H42NO7P/c1-5-6-7-8-9-10-11-12-13-14-15-16-17-18-24(27)30-21-23(26)22-32-33(28,29)31-20-19-25(2,3)4/h6-13,23,26H,5,14-22H2,1-4H3/p+1/b7-6+,9-8+,11-10+,13-12+. The minimum absolute atomic E-state index is 0.0448. The van der Waals surface area contributed by atoms with Crippen molar-refractivity contribution in [1.82, 2.24) is 0 Å². The molecule has 0 rings (SSSR count). The zero-order valence-electron chi connectivity index (χ0n) is 20.6. The number of esters is 1. The third-order valence-corrected chi connectivity index (χ3v) is 5.18. The zero-order chi connectivity index (χ0) is 25.0. The van der Waals surface area contributed by atoms with Gasteiger partial charge < -0.3 is 19.2 Å². The van der Waals surface area contributed by atoms with E-state index in [0.29, 0.717) is 17.4 Å². The molecule has 0 aromatic rings. The normalized spacial score (nSPS) is 15.7. The van der Waals surface area contributed by atoms with Crippen LogP contribution < -0.4 is 0 Å². The van der Waals surface area contributed by atoms with Crippen molar-refractivity contribution in [3.05, 3.63) is 48.6 Å². The van der Waals surface area contributed by atoms with E-state index in [1.165, 1.54) is 0 Å². The van der Waals surface area contributed by atoms with E-state index in [2.05, 4.69) is 19.1 Å². The number of carbonyl (C=O) groups excluding carboxylic acids is 1. The Balaban J connectivity index is 3.79. The number of rotatable bonds is 19. The van der Waals surface area contributed by atoms with Crippen LogP contribution in [0.3, 0.4) is 0 Å². The van der Waals surface area contributed by atoms with Crippen molar-refractivity contribution in [2.45, 2.75) is 51.6 Å². The third-order valence-electron chi connectivity index (χ3n) is 4.20. The molecule has 0 aliphatic heterocycles. The van der Waals surface area contributed by atoms with E-state index in [1.807, 2.05) is 57.6 Å². The lowest BCUT2D eigenvalue weighted by atomic mass is 10.1. The summed E-state index contributed by atoms with van der Waals surface area (Å²) in [6.45, 7) is 1.91. The SMILES string of the molecule is CC/C=C/C=C/C=C/C=C/CCCCCC(=O)OCC(O)COP(=O)(O)OCC[N+](C)(C)C. The molecule has 0 saturated heterocycles. The van der Waals surface area contributed by atoms with Crippen molar-refractivity contribution in [2.75, 3.05) is 47.5 Å². The molecule has 0 amide bonds. The largest absolute Gasteiger partial charge is 0.472 e.